The van der Waals surface area contributed by atoms with Gasteiger partial charge in [0.1, 0.15) is 5.82 Å². The number of hydrogen-bond donors (Lipinski definition) is 6. The highest BCUT2D eigenvalue weighted by molar-refractivity contribution is 6.39. The topological polar surface area (TPSA) is 155 Å². The molecule has 2 amide bonds. The number of benzene rings is 2. The number of nitrogens with zero attached hydrogens (tertiary/aromatic N) is 1. The maximum absolute atomic E-state index is 13.7. The molecule has 0 aromatic heterocycles. The Labute approximate surface area is 208 Å². The first-order chi connectivity index (χ1) is 16.7. The first kappa shape index (κ1) is 26.4. The number of hydrogen-bond acceptors (Lipinski definition) is 5. The summed E-state index contributed by atoms with van der Waals surface area (Å²) >= 11 is 5.68. The van der Waals surface area contributed by atoms with Crippen molar-refractivity contribution in [2.45, 2.75) is 31.3 Å². The average Bonchev–Trinajstić information content (AvgIpc) is 3.10. The summed E-state index contributed by atoms with van der Waals surface area (Å²) in [4.78, 5) is 29.7. The Morgan fingerprint density at radius 1 is 1.14 bits per heavy atom. The normalized spacial score (nSPS) is 18.6. The lowest BCUT2D eigenvalue weighted by atomic mass is 9.87. The number of aliphatic hydroxyl groups is 1. The number of guanidine groups is 1. The summed E-state index contributed by atoms with van der Waals surface area (Å²) in [6, 6.07) is 9.18. The minimum Gasteiger partial charge on any atom is -0.396 e. The molecule has 11 heteroatoms. The predicted molar refractivity (Wildman–Crippen MR) is 133 cm³/mol. The van der Waals surface area contributed by atoms with Crippen molar-refractivity contribution >= 4 is 35.1 Å². The fourth-order valence-corrected chi connectivity index (χ4v) is 4.63. The Hall–Kier alpha value is -3.21. The summed E-state index contributed by atoms with van der Waals surface area (Å²) in [6.07, 6.45) is 1.21. The number of nitrogens with two attached hydrogens (primary N) is 2. The summed E-state index contributed by atoms with van der Waals surface area (Å²) in [5, 5.41) is 17.6. The SMILES string of the molecule is CNCc1ccc2c(c1)[C@H](NC(=O)C(=O)Nc1ccc(Cl)c(F)c1)[C@@H](CN=C(N)N)[C@@H]2CCCO. The van der Waals surface area contributed by atoms with E-state index in [1.165, 1.54) is 12.1 Å². The lowest BCUT2D eigenvalue weighted by molar-refractivity contribution is -0.136. The highest BCUT2D eigenvalue weighted by atomic mass is 35.5. The zero-order chi connectivity index (χ0) is 25.5. The van der Waals surface area contributed by atoms with Crippen molar-refractivity contribution in [3.05, 3.63) is 63.9 Å². The third kappa shape index (κ3) is 6.47. The molecule has 9 nitrogen and oxygen atoms in total. The molecular formula is C24H30ClFN6O3. The van der Waals surface area contributed by atoms with Gasteiger partial charge in [0.25, 0.3) is 0 Å². The van der Waals surface area contributed by atoms with E-state index in [0.29, 0.717) is 19.4 Å². The van der Waals surface area contributed by atoms with Gasteiger partial charge in [0, 0.05) is 31.3 Å². The van der Waals surface area contributed by atoms with Crippen LogP contribution in [0.2, 0.25) is 5.02 Å². The maximum Gasteiger partial charge on any atom is 0.313 e. The van der Waals surface area contributed by atoms with Gasteiger partial charge in [-0.2, -0.15) is 0 Å². The highest BCUT2D eigenvalue weighted by Gasteiger charge is 2.41. The Balaban J connectivity index is 1.90. The fraction of sp³-hybridized carbons (Fsp3) is 0.375. The van der Waals surface area contributed by atoms with E-state index in [1.807, 2.05) is 25.2 Å². The molecule has 1 aliphatic carbocycles. The van der Waals surface area contributed by atoms with Crippen LogP contribution in [-0.4, -0.2) is 43.1 Å². The second-order valence-electron chi connectivity index (χ2n) is 8.43. The third-order valence-corrected chi connectivity index (χ3v) is 6.35. The van der Waals surface area contributed by atoms with Crippen LogP contribution in [0.5, 0.6) is 0 Å². The number of fused-ring (bicyclic) bond motifs is 1. The monoisotopic (exact) mass is 504 g/mol. The minimum atomic E-state index is -0.945. The van der Waals surface area contributed by atoms with E-state index in [1.54, 1.807) is 0 Å². The van der Waals surface area contributed by atoms with Gasteiger partial charge in [0.2, 0.25) is 0 Å². The Bertz CT molecular complexity index is 1110. The zero-order valence-electron chi connectivity index (χ0n) is 19.4. The van der Waals surface area contributed by atoms with Crippen LogP contribution >= 0.6 is 11.6 Å². The number of carbonyl (C=O) groups is 2. The van der Waals surface area contributed by atoms with Crippen molar-refractivity contribution in [2.75, 3.05) is 25.5 Å². The molecule has 3 atom stereocenters. The largest absolute Gasteiger partial charge is 0.396 e. The number of anilines is 1. The van der Waals surface area contributed by atoms with Crippen LogP contribution in [0.4, 0.5) is 10.1 Å². The molecule has 0 fully saturated rings. The molecule has 0 radical (unpaired) electrons. The van der Waals surface area contributed by atoms with E-state index in [-0.39, 0.29) is 41.7 Å². The molecule has 0 saturated heterocycles. The summed E-state index contributed by atoms with van der Waals surface area (Å²) in [7, 11) is 1.84. The van der Waals surface area contributed by atoms with Gasteiger partial charge in [-0.15, -0.1) is 0 Å². The molecule has 1 aliphatic rings. The number of halogens is 2. The number of aliphatic imine (C=N–C) groups is 1. The summed E-state index contributed by atoms with van der Waals surface area (Å²) < 4.78 is 13.7. The average molecular weight is 505 g/mol. The highest BCUT2D eigenvalue weighted by Crippen LogP contribution is 2.48. The molecule has 35 heavy (non-hydrogen) atoms. The summed E-state index contributed by atoms with van der Waals surface area (Å²) in [5.74, 6) is -2.90. The fourth-order valence-electron chi connectivity index (χ4n) is 4.52. The van der Waals surface area contributed by atoms with Gasteiger partial charge in [-0.25, -0.2) is 4.39 Å². The third-order valence-electron chi connectivity index (χ3n) is 6.04. The van der Waals surface area contributed by atoms with E-state index in [2.05, 4.69) is 20.9 Å². The Morgan fingerprint density at radius 3 is 2.57 bits per heavy atom. The number of rotatable bonds is 9. The number of nitrogens with one attached hydrogen (secondary N) is 3. The van der Waals surface area contributed by atoms with E-state index in [4.69, 9.17) is 23.1 Å². The molecule has 0 unspecified atom stereocenters. The van der Waals surface area contributed by atoms with Gasteiger partial charge in [-0.3, -0.25) is 14.6 Å². The van der Waals surface area contributed by atoms with Gasteiger partial charge in [-0.1, -0.05) is 29.8 Å². The molecule has 3 rings (SSSR count). The zero-order valence-corrected chi connectivity index (χ0v) is 20.1. The molecule has 0 spiro atoms. The van der Waals surface area contributed by atoms with Gasteiger partial charge in [-0.05, 0) is 60.7 Å². The van der Waals surface area contributed by atoms with Gasteiger partial charge in [0.05, 0.1) is 11.1 Å². The van der Waals surface area contributed by atoms with Gasteiger partial charge >= 0.3 is 11.8 Å². The van der Waals surface area contributed by atoms with Crippen LogP contribution in [0.25, 0.3) is 0 Å². The van der Waals surface area contributed by atoms with E-state index >= 15 is 0 Å². The van der Waals surface area contributed by atoms with Gasteiger partial charge in [0.15, 0.2) is 5.96 Å². The predicted octanol–water partition coefficient (Wildman–Crippen LogP) is 1.75. The Morgan fingerprint density at radius 2 is 1.91 bits per heavy atom. The lowest BCUT2D eigenvalue weighted by Crippen LogP contribution is -2.40. The molecule has 0 saturated carbocycles. The number of carbonyl (C=O) groups excluding carboxylic acids is 2. The quantitative estimate of drug-likeness (QED) is 0.174. The molecule has 0 heterocycles. The number of amides is 2. The van der Waals surface area contributed by atoms with Crippen molar-refractivity contribution < 1.29 is 19.1 Å². The van der Waals surface area contributed by atoms with Crippen molar-refractivity contribution in [1.29, 1.82) is 0 Å². The smallest absolute Gasteiger partial charge is 0.313 e. The van der Waals surface area contributed by atoms with Crippen LogP contribution in [-0.2, 0) is 16.1 Å². The molecule has 2 aromatic carbocycles. The van der Waals surface area contributed by atoms with Gasteiger partial charge < -0.3 is 32.5 Å². The van der Waals surface area contributed by atoms with E-state index < -0.39 is 23.7 Å². The standard InChI is InChI=1S/C24H30ClFN6O3/c1-29-11-13-4-6-16-15(3-2-8-33)18(12-30-24(27)28)21(17(16)9-13)32-23(35)22(34)31-14-5-7-19(25)20(26)10-14/h4-7,9-10,15,18,21,29,33H,2-3,8,11-12H2,1H3,(H,31,34)(H,32,35)(H4,27,28,30)/t15-,18+,21+/m1/s1. The minimum absolute atomic E-state index is 0.0236. The number of aliphatic hydroxyl groups excluding tert-OH is 1. The van der Waals surface area contributed by atoms with Crippen molar-refractivity contribution in [1.82, 2.24) is 10.6 Å². The van der Waals surface area contributed by atoms with E-state index in [0.717, 1.165) is 22.8 Å². The molecule has 0 bridgehead atoms. The van der Waals surface area contributed by atoms with Crippen LogP contribution in [0.3, 0.4) is 0 Å². The summed E-state index contributed by atoms with van der Waals surface area (Å²) in [6.45, 7) is 0.871. The van der Waals surface area contributed by atoms with E-state index in [9.17, 15) is 19.1 Å². The second kappa shape index (κ2) is 12.0. The van der Waals surface area contributed by atoms with Crippen LogP contribution in [0.1, 0.15) is 41.5 Å². The first-order valence-corrected chi connectivity index (χ1v) is 11.6. The van der Waals surface area contributed by atoms with Crippen LogP contribution in [0.15, 0.2) is 41.4 Å². The van der Waals surface area contributed by atoms with Crippen LogP contribution in [0, 0.1) is 11.7 Å². The molecule has 2 aromatic rings. The molecule has 0 aliphatic heterocycles. The second-order valence-corrected chi connectivity index (χ2v) is 8.84. The van der Waals surface area contributed by atoms with Crippen molar-refractivity contribution in [3.63, 3.8) is 0 Å². The summed E-state index contributed by atoms with van der Waals surface area (Å²) in [5.41, 5.74) is 14.2. The van der Waals surface area contributed by atoms with Crippen molar-refractivity contribution in [2.24, 2.45) is 22.4 Å². The molecule has 188 valence electrons. The maximum atomic E-state index is 13.7. The lowest BCUT2D eigenvalue weighted by Gasteiger charge is -2.25. The van der Waals surface area contributed by atoms with Crippen LogP contribution < -0.4 is 27.4 Å². The first-order valence-electron chi connectivity index (χ1n) is 11.3. The Kier molecular flexibility index (Phi) is 9.02. The molecular weight excluding hydrogens is 475 g/mol. The van der Waals surface area contributed by atoms with Crippen molar-refractivity contribution in [3.8, 4) is 0 Å². The molecule has 8 N–H and O–H groups in total.